The van der Waals surface area contributed by atoms with Crippen LogP contribution < -0.4 is 16.5 Å². The van der Waals surface area contributed by atoms with E-state index in [1.807, 2.05) is 6.79 Å². The minimum atomic E-state index is -0.506. The summed E-state index contributed by atoms with van der Waals surface area (Å²) in [6.07, 6.45) is 5.06. The zero-order valence-corrected chi connectivity index (χ0v) is 19.4. The van der Waals surface area contributed by atoms with Crippen molar-refractivity contribution in [2.75, 3.05) is 51.9 Å². The number of hydrogen-bond acceptors (Lipinski definition) is 8. The first-order valence-electron chi connectivity index (χ1n) is 10.5. The maximum absolute atomic E-state index is 12.4. The molecule has 0 bridgehead atoms. The van der Waals surface area contributed by atoms with E-state index in [1.54, 1.807) is 12.1 Å². The van der Waals surface area contributed by atoms with Gasteiger partial charge in [-0.05, 0) is 6.07 Å². The molecule has 1 aromatic carbocycles. The number of nitrogens with zero attached hydrogens (tertiary/aromatic N) is 1. The fraction of sp³-hybridized carbons (Fsp3) is 0.545. The number of unbranched alkanes of at least 4 members (excludes halogenated alkanes) is 2. The molecular weight excluding hydrogens is 416 g/mol. The average Bonchev–Trinajstić information content (AvgIpc) is 2.82. The summed E-state index contributed by atoms with van der Waals surface area (Å²) in [7, 11) is 1.40. The third-order valence-electron chi connectivity index (χ3n) is 3.89. The Labute approximate surface area is 190 Å². The molecule has 0 aliphatic rings. The van der Waals surface area contributed by atoms with Crippen LogP contribution in [0.5, 0.6) is 0 Å². The number of aldehydes is 1. The molecule has 10 nitrogen and oxygen atoms in total. The number of benzene rings is 1. The Morgan fingerprint density at radius 2 is 1.72 bits per heavy atom. The van der Waals surface area contributed by atoms with Gasteiger partial charge in [0.1, 0.15) is 6.79 Å². The molecule has 0 saturated heterocycles. The number of nitrogens with two attached hydrogens (primary N) is 1. The lowest BCUT2D eigenvalue weighted by Crippen LogP contribution is -2.39. The summed E-state index contributed by atoms with van der Waals surface area (Å²) in [5.41, 5.74) is 8.43. The van der Waals surface area contributed by atoms with Gasteiger partial charge in [0.05, 0.1) is 32.0 Å². The van der Waals surface area contributed by atoms with Crippen molar-refractivity contribution in [1.29, 1.82) is 0 Å². The number of nitrogens with one attached hydrogen (secondary N) is 2. The summed E-state index contributed by atoms with van der Waals surface area (Å²) >= 11 is 0. The molecule has 0 fully saturated rings. The first-order chi connectivity index (χ1) is 15.6. The van der Waals surface area contributed by atoms with E-state index in [0.717, 1.165) is 5.01 Å². The lowest BCUT2D eigenvalue weighted by Gasteiger charge is -2.19. The molecule has 0 aliphatic heterocycles. The van der Waals surface area contributed by atoms with Crippen LogP contribution in [0.3, 0.4) is 0 Å². The van der Waals surface area contributed by atoms with E-state index in [-0.39, 0.29) is 11.1 Å². The van der Waals surface area contributed by atoms with Gasteiger partial charge in [-0.2, -0.15) is 0 Å². The van der Waals surface area contributed by atoms with Crippen LogP contribution in [-0.2, 0) is 19.1 Å². The Balaban J connectivity index is 0. The van der Waals surface area contributed by atoms with Gasteiger partial charge in [-0.25, -0.2) is 0 Å². The molecular formula is C22H38N4O6. The van der Waals surface area contributed by atoms with Crippen LogP contribution in [0.4, 0.5) is 5.69 Å². The van der Waals surface area contributed by atoms with Gasteiger partial charge in [0, 0.05) is 31.4 Å². The zero-order valence-electron chi connectivity index (χ0n) is 19.4. The zero-order chi connectivity index (χ0) is 24.6. The molecule has 1 rings (SSSR count). The molecule has 0 heterocycles. The molecule has 32 heavy (non-hydrogen) atoms. The fourth-order valence-electron chi connectivity index (χ4n) is 2.38. The highest BCUT2D eigenvalue weighted by Crippen LogP contribution is 2.20. The van der Waals surface area contributed by atoms with Crippen LogP contribution >= 0.6 is 0 Å². The van der Waals surface area contributed by atoms with Crippen molar-refractivity contribution in [3.8, 4) is 0 Å². The number of amides is 2. The summed E-state index contributed by atoms with van der Waals surface area (Å²) in [5.74, 6) is -0.506. The smallest absolute Gasteiger partial charge is 0.274 e. The summed E-state index contributed by atoms with van der Waals surface area (Å²) < 4.78 is 10.6. The Morgan fingerprint density at radius 3 is 2.22 bits per heavy atom. The minimum absolute atomic E-state index is 0.181. The molecule has 1 aromatic rings. The average molecular weight is 455 g/mol. The van der Waals surface area contributed by atoms with Gasteiger partial charge >= 0.3 is 0 Å². The predicted molar refractivity (Wildman–Crippen MR) is 125 cm³/mol. The van der Waals surface area contributed by atoms with Gasteiger partial charge in [-0.1, -0.05) is 45.2 Å². The molecule has 10 heteroatoms. The molecule has 0 aliphatic carbocycles. The van der Waals surface area contributed by atoms with Gasteiger partial charge in [0.25, 0.3) is 5.91 Å². The van der Waals surface area contributed by atoms with Crippen molar-refractivity contribution in [3.63, 3.8) is 0 Å². The summed E-state index contributed by atoms with van der Waals surface area (Å²) in [4.78, 5) is 42.2. The third-order valence-corrected chi connectivity index (χ3v) is 3.89. The standard InChI is InChI=1S/C16H24N4O5.C5H12.CH2O/c1-20(19-12-22)16(23)15-13(11-21)3-2-4-14(15)18-6-8-25-10-9-24-7-5-17;1-3-5-4-2;1-2/h2-4,11-12,18H,5-10,17H2,1H3,(H,19,22);3-5H2,1-2H3;1H2. The predicted octanol–water partition coefficient (Wildman–Crippen LogP) is 1.65. The summed E-state index contributed by atoms with van der Waals surface area (Å²) in [5, 5.41) is 4.07. The van der Waals surface area contributed by atoms with E-state index in [2.05, 4.69) is 24.6 Å². The van der Waals surface area contributed by atoms with E-state index in [1.165, 1.54) is 32.4 Å². The Hall–Kier alpha value is -2.82. The molecule has 0 saturated carbocycles. The van der Waals surface area contributed by atoms with E-state index >= 15 is 0 Å². The number of rotatable bonds is 15. The molecule has 0 spiro atoms. The number of carbonyl (C=O) groups excluding carboxylic acids is 4. The van der Waals surface area contributed by atoms with Gasteiger partial charge in [-0.3, -0.25) is 24.8 Å². The topological polar surface area (TPSA) is 140 Å². The van der Waals surface area contributed by atoms with Crippen molar-refractivity contribution < 1.29 is 28.7 Å². The Kier molecular flexibility index (Phi) is 22.4. The van der Waals surface area contributed by atoms with Crippen molar-refractivity contribution in [3.05, 3.63) is 29.3 Å². The van der Waals surface area contributed by atoms with Gasteiger partial charge < -0.3 is 25.3 Å². The van der Waals surface area contributed by atoms with Crippen molar-refractivity contribution in [2.24, 2.45) is 5.73 Å². The van der Waals surface area contributed by atoms with Crippen LogP contribution in [-0.4, -0.2) is 77.0 Å². The fourth-order valence-corrected chi connectivity index (χ4v) is 2.38. The number of ether oxygens (including phenoxy) is 2. The summed E-state index contributed by atoms with van der Waals surface area (Å²) in [6.45, 7) is 9.12. The SMILES string of the molecule is C=O.CCCCC.CN(NC=O)C(=O)c1c(C=O)cccc1NCCOCCOCCN. The number of anilines is 1. The molecule has 0 atom stereocenters. The van der Waals surface area contributed by atoms with Crippen LogP contribution in [0.15, 0.2) is 18.2 Å². The molecule has 2 amide bonds. The summed E-state index contributed by atoms with van der Waals surface area (Å²) in [6, 6.07) is 4.88. The van der Waals surface area contributed by atoms with E-state index < -0.39 is 5.91 Å². The quantitative estimate of drug-likeness (QED) is 0.206. The Morgan fingerprint density at radius 1 is 1.09 bits per heavy atom. The minimum Gasteiger partial charge on any atom is -0.382 e. The highest BCUT2D eigenvalue weighted by Gasteiger charge is 2.19. The molecule has 182 valence electrons. The Bertz CT molecular complexity index is 628. The van der Waals surface area contributed by atoms with Crippen molar-refractivity contribution in [1.82, 2.24) is 10.4 Å². The first-order valence-corrected chi connectivity index (χ1v) is 10.5. The lowest BCUT2D eigenvalue weighted by atomic mass is 10.1. The van der Waals surface area contributed by atoms with Gasteiger partial charge in [0.2, 0.25) is 6.41 Å². The maximum atomic E-state index is 12.4. The maximum Gasteiger partial charge on any atom is 0.274 e. The molecule has 0 unspecified atom stereocenters. The van der Waals surface area contributed by atoms with Gasteiger partial charge in [0.15, 0.2) is 6.29 Å². The van der Waals surface area contributed by atoms with Crippen molar-refractivity contribution >= 4 is 31.1 Å². The highest BCUT2D eigenvalue weighted by atomic mass is 16.5. The number of hydrogen-bond donors (Lipinski definition) is 3. The molecule has 0 aromatic heterocycles. The van der Waals surface area contributed by atoms with Crippen LogP contribution in [0.1, 0.15) is 53.8 Å². The largest absolute Gasteiger partial charge is 0.382 e. The van der Waals surface area contributed by atoms with Crippen LogP contribution in [0.2, 0.25) is 0 Å². The van der Waals surface area contributed by atoms with E-state index in [4.69, 9.17) is 20.0 Å². The third kappa shape index (κ3) is 14.2. The van der Waals surface area contributed by atoms with E-state index in [0.29, 0.717) is 57.9 Å². The second kappa shape index (κ2) is 22.9. The number of hydrazine groups is 1. The first kappa shape index (κ1) is 31.4. The van der Waals surface area contributed by atoms with Crippen molar-refractivity contribution in [2.45, 2.75) is 33.1 Å². The van der Waals surface area contributed by atoms with Gasteiger partial charge in [-0.15, -0.1) is 0 Å². The van der Waals surface area contributed by atoms with Crippen LogP contribution in [0.25, 0.3) is 0 Å². The van der Waals surface area contributed by atoms with Crippen LogP contribution in [0, 0.1) is 0 Å². The lowest BCUT2D eigenvalue weighted by molar-refractivity contribution is -0.112. The molecule has 0 radical (unpaired) electrons. The highest BCUT2D eigenvalue weighted by molar-refractivity contribution is 6.06. The molecule has 4 N–H and O–H groups in total. The second-order valence-electron chi connectivity index (χ2n) is 6.29. The monoisotopic (exact) mass is 454 g/mol. The normalized spacial score (nSPS) is 9.38. The second-order valence-corrected chi connectivity index (χ2v) is 6.29. The van der Waals surface area contributed by atoms with E-state index in [9.17, 15) is 14.4 Å². The number of carbonyl (C=O) groups is 4.